The number of aliphatic hydroxyl groups excluding tert-OH is 1. The van der Waals surface area contributed by atoms with E-state index in [1.807, 2.05) is 0 Å². The Bertz CT molecular complexity index is 995. The molecule has 13 nitrogen and oxygen atoms in total. The summed E-state index contributed by atoms with van der Waals surface area (Å²) < 4.78 is 0. The molecule has 0 fully saturated rings. The van der Waals surface area contributed by atoms with Crippen LogP contribution in [0.4, 0.5) is 0 Å². The molecule has 0 aromatic heterocycles. The molecule has 1 rings (SSSR count). The molecule has 7 N–H and O–H groups in total. The number of nitrogens with one attached hydrogen (secondary N) is 4. The molecule has 4 amide bonds. The van der Waals surface area contributed by atoms with Crippen LogP contribution in [0.3, 0.4) is 0 Å². The van der Waals surface area contributed by atoms with Gasteiger partial charge in [0.15, 0.2) is 0 Å². The summed E-state index contributed by atoms with van der Waals surface area (Å²) in [7, 11) is 0. The molecule has 210 valence electrons. The van der Waals surface area contributed by atoms with Crippen LogP contribution in [0, 0.1) is 5.92 Å². The first-order chi connectivity index (χ1) is 17.7. The maximum Gasteiger partial charge on any atom is 0.305 e. The van der Waals surface area contributed by atoms with Gasteiger partial charge in [-0.2, -0.15) is 0 Å². The molecule has 0 spiro atoms. The highest BCUT2D eigenvalue weighted by Crippen LogP contribution is 2.12. The third kappa shape index (κ3) is 10.9. The van der Waals surface area contributed by atoms with Crippen molar-refractivity contribution in [3.63, 3.8) is 0 Å². The number of carbonyl (C=O) groups excluding carboxylic acids is 5. The molecule has 1 aromatic rings. The van der Waals surface area contributed by atoms with Crippen LogP contribution >= 0.6 is 0 Å². The van der Waals surface area contributed by atoms with Gasteiger partial charge in [0.1, 0.15) is 36.3 Å². The largest absolute Gasteiger partial charge is 0.508 e. The first-order valence-electron chi connectivity index (χ1n) is 12.1. The Kier molecular flexibility index (Phi) is 12.9. The summed E-state index contributed by atoms with van der Waals surface area (Å²) in [5.41, 5.74) is 0.593. The summed E-state index contributed by atoms with van der Waals surface area (Å²) in [6, 6.07) is 1.58. The number of carbonyl (C=O) groups is 6. The number of aliphatic carboxylic acids is 1. The molecule has 0 radical (unpaired) electrons. The van der Waals surface area contributed by atoms with Gasteiger partial charge in [0.05, 0.1) is 6.42 Å². The maximum atomic E-state index is 13.1. The lowest BCUT2D eigenvalue weighted by molar-refractivity contribution is -0.138. The topological polar surface area (TPSA) is 211 Å². The summed E-state index contributed by atoms with van der Waals surface area (Å²) in [6.07, 6.45) is -1.61. The van der Waals surface area contributed by atoms with Crippen LogP contribution < -0.4 is 21.3 Å². The van der Waals surface area contributed by atoms with E-state index >= 15 is 0 Å². The van der Waals surface area contributed by atoms with Crippen LogP contribution in [0.15, 0.2) is 24.3 Å². The highest BCUT2D eigenvalue weighted by atomic mass is 16.4. The number of benzene rings is 1. The van der Waals surface area contributed by atoms with E-state index in [1.54, 1.807) is 26.0 Å². The Hall–Kier alpha value is -4.00. The Morgan fingerprint density at radius 1 is 0.842 bits per heavy atom. The van der Waals surface area contributed by atoms with E-state index in [-0.39, 0.29) is 18.6 Å². The van der Waals surface area contributed by atoms with E-state index in [0.717, 1.165) is 0 Å². The van der Waals surface area contributed by atoms with Crippen molar-refractivity contribution in [2.75, 3.05) is 0 Å². The fourth-order valence-electron chi connectivity index (χ4n) is 3.37. The summed E-state index contributed by atoms with van der Waals surface area (Å²) in [5.74, 6) is -4.57. The molecule has 0 aliphatic heterocycles. The van der Waals surface area contributed by atoms with Gasteiger partial charge in [0, 0.05) is 18.9 Å². The number of carboxylic acids is 1. The monoisotopic (exact) mass is 536 g/mol. The van der Waals surface area contributed by atoms with E-state index in [9.17, 15) is 39.0 Å². The van der Waals surface area contributed by atoms with E-state index in [0.29, 0.717) is 11.8 Å². The number of carboxylic acid groups (broad SMARTS) is 1. The number of hydrogen-bond acceptors (Lipinski definition) is 8. The number of aliphatic hydroxyl groups is 1. The number of hydrogen-bond donors (Lipinski definition) is 7. The zero-order chi connectivity index (χ0) is 29.0. The molecular weight excluding hydrogens is 500 g/mol. The standard InChI is InChI=1S/C25H36N4O9/c1-13(2)21(25(38)26-14(3)22(35)27-17(9-10-30)12-20(33)34)29-24(37)19(28-23(36)15(4)31)11-16-5-7-18(32)8-6-16/h5-8,10,13-15,17,19,21,31-32H,9,11-12H2,1-4H3,(H,26,38)(H,27,35)(H,28,36)(H,29,37)(H,33,34)/t14-,15?,17+,19-,21-/m0/s1. The molecular formula is C25H36N4O9. The quantitative estimate of drug-likeness (QED) is 0.137. The van der Waals surface area contributed by atoms with E-state index in [4.69, 9.17) is 5.11 Å². The minimum Gasteiger partial charge on any atom is -0.508 e. The molecule has 0 heterocycles. The van der Waals surface area contributed by atoms with E-state index in [1.165, 1.54) is 26.0 Å². The van der Waals surface area contributed by atoms with Crippen molar-refractivity contribution in [1.29, 1.82) is 0 Å². The molecule has 0 saturated carbocycles. The first kappa shape index (κ1) is 32.0. The second-order valence-corrected chi connectivity index (χ2v) is 9.27. The van der Waals surface area contributed by atoms with Gasteiger partial charge in [0.2, 0.25) is 23.6 Å². The van der Waals surface area contributed by atoms with Crippen molar-refractivity contribution in [2.45, 2.75) is 77.2 Å². The van der Waals surface area contributed by atoms with Crippen molar-refractivity contribution in [3.05, 3.63) is 29.8 Å². The Balaban J connectivity index is 2.97. The highest BCUT2D eigenvalue weighted by Gasteiger charge is 2.31. The van der Waals surface area contributed by atoms with Crippen LogP contribution in [0.5, 0.6) is 5.75 Å². The smallest absolute Gasteiger partial charge is 0.305 e. The van der Waals surface area contributed by atoms with E-state index < -0.39 is 72.2 Å². The zero-order valence-corrected chi connectivity index (χ0v) is 21.8. The zero-order valence-electron chi connectivity index (χ0n) is 21.8. The van der Waals surface area contributed by atoms with Crippen LogP contribution in [-0.2, 0) is 35.2 Å². The summed E-state index contributed by atoms with van der Waals surface area (Å²) in [4.78, 5) is 72.4. The normalized spacial score (nSPS) is 14.8. The molecule has 13 heteroatoms. The van der Waals surface area contributed by atoms with Crippen LogP contribution in [-0.4, -0.2) is 81.5 Å². The molecule has 5 atom stereocenters. The average molecular weight is 537 g/mol. The van der Waals surface area contributed by atoms with Gasteiger partial charge < -0.3 is 41.4 Å². The molecule has 0 saturated heterocycles. The third-order valence-corrected chi connectivity index (χ3v) is 5.54. The van der Waals surface area contributed by atoms with Gasteiger partial charge >= 0.3 is 5.97 Å². The van der Waals surface area contributed by atoms with Gasteiger partial charge in [0.25, 0.3) is 0 Å². The Labute approximate surface area is 220 Å². The number of aromatic hydroxyl groups is 1. The Morgan fingerprint density at radius 2 is 1.45 bits per heavy atom. The molecule has 0 bridgehead atoms. The lowest BCUT2D eigenvalue weighted by atomic mass is 10.0. The summed E-state index contributed by atoms with van der Waals surface area (Å²) in [6.45, 7) is 5.91. The average Bonchev–Trinajstić information content (AvgIpc) is 2.82. The summed E-state index contributed by atoms with van der Waals surface area (Å²) in [5, 5.41) is 37.9. The summed E-state index contributed by atoms with van der Waals surface area (Å²) >= 11 is 0. The SMILES string of the molecule is CC(O)C(=O)N[C@@H](Cc1ccc(O)cc1)C(=O)N[C@H](C(=O)N[C@@H](C)C(=O)N[C@H](CC=O)CC(=O)O)C(C)C. The molecule has 0 aliphatic carbocycles. The Morgan fingerprint density at radius 3 is 1.95 bits per heavy atom. The molecule has 38 heavy (non-hydrogen) atoms. The minimum atomic E-state index is -1.39. The lowest BCUT2D eigenvalue weighted by Crippen LogP contribution is -2.59. The molecule has 1 unspecified atom stereocenters. The first-order valence-corrected chi connectivity index (χ1v) is 12.1. The number of phenols is 1. The number of aldehydes is 1. The maximum absolute atomic E-state index is 13.1. The number of phenolic OH excluding ortho intramolecular Hbond substituents is 1. The second-order valence-electron chi connectivity index (χ2n) is 9.27. The number of rotatable bonds is 15. The fourth-order valence-corrected chi connectivity index (χ4v) is 3.37. The van der Waals surface area contributed by atoms with Gasteiger partial charge in [-0.3, -0.25) is 24.0 Å². The predicted octanol–water partition coefficient (Wildman–Crippen LogP) is -1.01. The second kappa shape index (κ2) is 15.3. The van der Waals surface area contributed by atoms with Crippen molar-refractivity contribution in [2.24, 2.45) is 5.92 Å². The van der Waals surface area contributed by atoms with Crippen molar-refractivity contribution in [3.8, 4) is 5.75 Å². The molecule has 0 aliphatic rings. The predicted molar refractivity (Wildman–Crippen MR) is 135 cm³/mol. The van der Waals surface area contributed by atoms with Crippen LogP contribution in [0.1, 0.15) is 46.1 Å². The minimum absolute atomic E-state index is 0.00247. The fraction of sp³-hybridized carbons (Fsp3) is 0.520. The van der Waals surface area contributed by atoms with Crippen molar-refractivity contribution in [1.82, 2.24) is 21.3 Å². The van der Waals surface area contributed by atoms with E-state index in [2.05, 4.69) is 21.3 Å². The van der Waals surface area contributed by atoms with Gasteiger partial charge in [-0.25, -0.2) is 0 Å². The third-order valence-electron chi connectivity index (χ3n) is 5.54. The van der Waals surface area contributed by atoms with Gasteiger partial charge in [-0.05, 0) is 37.5 Å². The van der Waals surface area contributed by atoms with Crippen LogP contribution in [0.2, 0.25) is 0 Å². The number of amides is 4. The van der Waals surface area contributed by atoms with Gasteiger partial charge in [-0.1, -0.05) is 26.0 Å². The molecule has 1 aromatic carbocycles. The van der Waals surface area contributed by atoms with Crippen LogP contribution in [0.25, 0.3) is 0 Å². The highest BCUT2D eigenvalue weighted by molar-refractivity contribution is 5.95. The van der Waals surface area contributed by atoms with Crippen molar-refractivity contribution >= 4 is 35.9 Å². The van der Waals surface area contributed by atoms with Crippen molar-refractivity contribution < 1.29 is 44.1 Å². The van der Waals surface area contributed by atoms with Gasteiger partial charge in [-0.15, -0.1) is 0 Å². The lowest BCUT2D eigenvalue weighted by Gasteiger charge is -2.27.